The molecule has 0 saturated heterocycles. The Morgan fingerprint density at radius 1 is 1.12 bits per heavy atom. The molecule has 0 aliphatic carbocycles. The van der Waals surface area contributed by atoms with Gasteiger partial charge in [-0.05, 0) is 57.4 Å². The number of nitrogens with zero attached hydrogens (tertiary/aromatic N) is 1. The molecule has 0 aliphatic rings. The summed E-state index contributed by atoms with van der Waals surface area (Å²) in [6.45, 7) is 8.78. The first-order valence-corrected chi connectivity index (χ1v) is 11.6. The molecule has 1 heterocycles. The molecule has 174 valence electrons. The van der Waals surface area contributed by atoms with E-state index in [1.165, 1.54) is 12.1 Å². The Morgan fingerprint density at radius 3 is 2.38 bits per heavy atom. The third-order valence-corrected chi connectivity index (χ3v) is 5.50. The zero-order valence-corrected chi connectivity index (χ0v) is 19.7. The molecule has 10 heteroatoms. The summed E-state index contributed by atoms with van der Waals surface area (Å²) in [5.41, 5.74) is 5.97. The van der Waals surface area contributed by atoms with Crippen LogP contribution >= 0.6 is 0 Å². The van der Waals surface area contributed by atoms with Crippen molar-refractivity contribution < 1.29 is 22.7 Å². The monoisotopic (exact) mass is 462 g/mol. The molecular weight excluding hydrogens is 432 g/mol. The maximum Gasteiger partial charge on any atom is 0.408 e. The number of pyridine rings is 1. The number of ether oxygens (including phenoxy) is 1. The highest BCUT2D eigenvalue weighted by Crippen LogP contribution is 2.22. The number of carbonyl (C=O) groups is 2. The third kappa shape index (κ3) is 7.52. The molecular formula is C22H30N4O5S. The Morgan fingerprint density at radius 2 is 1.78 bits per heavy atom. The molecule has 1 atom stereocenters. The van der Waals surface area contributed by atoms with Crippen molar-refractivity contribution in [3.05, 3.63) is 42.5 Å². The first-order valence-electron chi connectivity index (χ1n) is 10.2. The second-order valence-corrected chi connectivity index (χ2v) is 10.5. The van der Waals surface area contributed by atoms with Gasteiger partial charge in [-0.15, -0.1) is 0 Å². The van der Waals surface area contributed by atoms with Crippen molar-refractivity contribution in [2.24, 2.45) is 5.92 Å². The van der Waals surface area contributed by atoms with Crippen LogP contribution in [0.1, 0.15) is 41.0 Å². The van der Waals surface area contributed by atoms with Crippen LogP contribution in [0.5, 0.6) is 0 Å². The van der Waals surface area contributed by atoms with Crippen LogP contribution in [0.25, 0.3) is 11.3 Å². The van der Waals surface area contributed by atoms with Crippen LogP contribution in [0.15, 0.2) is 47.4 Å². The fraction of sp³-hybridized carbons (Fsp3) is 0.409. The van der Waals surface area contributed by atoms with Gasteiger partial charge in [0.05, 0.1) is 10.6 Å². The van der Waals surface area contributed by atoms with Crippen LogP contribution in [-0.2, 0) is 19.6 Å². The number of nitrogens with one attached hydrogen (secondary N) is 2. The van der Waals surface area contributed by atoms with E-state index in [1.807, 2.05) is 13.8 Å². The molecule has 2 rings (SSSR count). The summed E-state index contributed by atoms with van der Waals surface area (Å²) in [5, 5.41) is 2.46. The molecule has 2 aromatic rings. The van der Waals surface area contributed by atoms with E-state index in [0.717, 1.165) is 0 Å². The normalized spacial score (nSPS) is 12.8. The van der Waals surface area contributed by atoms with Crippen molar-refractivity contribution in [2.45, 2.75) is 57.6 Å². The van der Waals surface area contributed by atoms with Crippen molar-refractivity contribution in [3.63, 3.8) is 0 Å². The predicted molar refractivity (Wildman–Crippen MR) is 122 cm³/mol. The number of hydrogen-bond acceptors (Lipinski definition) is 7. The topological polar surface area (TPSA) is 140 Å². The largest absolute Gasteiger partial charge is 0.444 e. The summed E-state index contributed by atoms with van der Waals surface area (Å²) in [5.74, 6) is -0.535. The minimum Gasteiger partial charge on any atom is -0.444 e. The molecule has 1 aromatic carbocycles. The number of alkyl carbamates (subject to hydrolysis) is 1. The lowest BCUT2D eigenvalue weighted by atomic mass is 10.0. The van der Waals surface area contributed by atoms with Crippen LogP contribution in [0.2, 0.25) is 0 Å². The molecule has 0 fully saturated rings. The van der Waals surface area contributed by atoms with Crippen LogP contribution < -0.4 is 15.8 Å². The number of hydrogen-bond donors (Lipinski definition) is 3. The van der Waals surface area contributed by atoms with E-state index in [-0.39, 0.29) is 17.2 Å². The van der Waals surface area contributed by atoms with Gasteiger partial charge >= 0.3 is 6.09 Å². The molecule has 0 radical (unpaired) electrons. The van der Waals surface area contributed by atoms with E-state index in [4.69, 9.17) is 10.5 Å². The number of nitrogen functional groups attached to an aromatic ring is 1. The number of aromatic nitrogens is 1. The maximum absolute atomic E-state index is 12.9. The summed E-state index contributed by atoms with van der Waals surface area (Å²) in [6, 6.07) is 9.94. The Bertz CT molecular complexity index is 1080. The van der Waals surface area contributed by atoms with Gasteiger partial charge in [-0.3, -0.25) is 4.79 Å². The van der Waals surface area contributed by atoms with Gasteiger partial charge in [0.2, 0.25) is 0 Å². The van der Waals surface area contributed by atoms with Gasteiger partial charge in [-0.2, -0.15) is 0 Å². The van der Waals surface area contributed by atoms with Crippen molar-refractivity contribution in [1.82, 2.24) is 15.0 Å². The first kappa shape index (κ1) is 25.1. The minimum atomic E-state index is -4.20. The summed E-state index contributed by atoms with van der Waals surface area (Å²) < 4.78 is 33.0. The molecule has 0 spiro atoms. The van der Waals surface area contributed by atoms with Crippen LogP contribution in [-0.4, -0.2) is 37.0 Å². The average molecular weight is 463 g/mol. The van der Waals surface area contributed by atoms with Gasteiger partial charge in [-0.1, -0.05) is 32.0 Å². The predicted octanol–water partition coefficient (Wildman–Crippen LogP) is 3.08. The van der Waals surface area contributed by atoms with E-state index in [1.54, 1.807) is 51.1 Å². The number of sulfonamides is 1. The van der Waals surface area contributed by atoms with Gasteiger partial charge in [0, 0.05) is 5.56 Å². The standard InChI is InChI=1S/C22H30N4O5S/c1-14(2)12-18(25-21(28)31-22(3,4)5)20(27)26-32(29,30)16-9-6-8-15(13-16)17-10-7-11-19(23)24-17/h6-11,13-14,18H,12H2,1-5H3,(H2,23,24)(H,25,28)(H,26,27)/t18-/m0/s1. The van der Waals surface area contributed by atoms with Crippen molar-refractivity contribution in [1.29, 1.82) is 0 Å². The van der Waals surface area contributed by atoms with E-state index >= 15 is 0 Å². The number of anilines is 1. The second-order valence-electron chi connectivity index (χ2n) is 8.77. The van der Waals surface area contributed by atoms with E-state index in [2.05, 4.69) is 15.0 Å². The Hall–Kier alpha value is -3.14. The summed E-state index contributed by atoms with van der Waals surface area (Å²) in [4.78, 5) is 29.0. The Labute approximate surface area is 188 Å². The van der Waals surface area contributed by atoms with Gasteiger partial charge in [0.1, 0.15) is 17.5 Å². The van der Waals surface area contributed by atoms with Gasteiger partial charge in [-0.25, -0.2) is 22.9 Å². The van der Waals surface area contributed by atoms with Crippen LogP contribution in [0.3, 0.4) is 0 Å². The molecule has 0 bridgehead atoms. The highest BCUT2D eigenvalue weighted by Gasteiger charge is 2.28. The van der Waals surface area contributed by atoms with E-state index < -0.39 is 33.7 Å². The molecule has 0 aliphatic heterocycles. The zero-order valence-electron chi connectivity index (χ0n) is 18.9. The quantitative estimate of drug-likeness (QED) is 0.574. The molecule has 0 unspecified atom stereocenters. The number of rotatable bonds is 7. The third-order valence-electron chi connectivity index (χ3n) is 4.16. The maximum atomic E-state index is 12.9. The van der Waals surface area contributed by atoms with Gasteiger partial charge in [0.15, 0.2) is 0 Å². The van der Waals surface area contributed by atoms with Crippen LogP contribution in [0.4, 0.5) is 10.6 Å². The molecule has 0 saturated carbocycles. The SMILES string of the molecule is CC(C)C[C@H](NC(=O)OC(C)(C)C)C(=O)NS(=O)(=O)c1cccc(-c2cccc(N)n2)c1. The number of nitrogens with two attached hydrogens (primary N) is 1. The molecule has 2 amide bonds. The average Bonchev–Trinajstić information content (AvgIpc) is 2.65. The van der Waals surface area contributed by atoms with Gasteiger partial charge in [0.25, 0.3) is 15.9 Å². The fourth-order valence-corrected chi connectivity index (χ4v) is 3.91. The molecule has 4 N–H and O–H groups in total. The molecule has 1 aromatic heterocycles. The number of carbonyl (C=O) groups excluding carboxylic acids is 2. The Kier molecular flexibility index (Phi) is 7.84. The zero-order chi connectivity index (χ0) is 24.1. The smallest absolute Gasteiger partial charge is 0.408 e. The van der Waals surface area contributed by atoms with Crippen LogP contribution in [0, 0.1) is 5.92 Å². The molecule has 9 nitrogen and oxygen atoms in total. The number of benzene rings is 1. The second kappa shape index (κ2) is 9.99. The van der Waals surface area contributed by atoms with Gasteiger partial charge < -0.3 is 15.8 Å². The van der Waals surface area contributed by atoms with Crippen molar-refractivity contribution in [3.8, 4) is 11.3 Å². The lowest BCUT2D eigenvalue weighted by Gasteiger charge is -2.24. The highest BCUT2D eigenvalue weighted by atomic mass is 32.2. The van der Waals surface area contributed by atoms with Crippen molar-refractivity contribution in [2.75, 3.05) is 5.73 Å². The highest BCUT2D eigenvalue weighted by molar-refractivity contribution is 7.90. The summed E-state index contributed by atoms with van der Waals surface area (Å²) >= 11 is 0. The van der Waals surface area contributed by atoms with E-state index in [9.17, 15) is 18.0 Å². The lowest BCUT2D eigenvalue weighted by Crippen LogP contribution is -2.50. The fourth-order valence-electron chi connectivity index (χ4n) is 2.85. The summed E-state index contributed by atoms with van der Waals surface area (Å²) in [6.07, 6.45) is -0.571. The van der Waals surface area contributed by atoms with Crippen molar-refractivity contribution >= 4 is 27.8 Å². The van der Waals surface area contributed by atoms with E-state index in [0.29, 0.717) is 17.1 Å². The minimum absolute atomic E-state index is 0.0151. The first-order chi connectivity index (χ1) is 14.8. The lowest BCUT2D eigenvalue weighted by molar-refractivity contribution is -0.121. The molecule has 32 heavy (non-hydrogen) atoms. The Balaban J connectivity index is 2.23. The summed E-state index contributed by atoms with van der Waals surface area (Å²) in [7, 11) is -4.20. The number of amides is 2.